The van der Waals surface area contributed by atoms with E-state index in [0.717, 1.165) is 32.1 Å². The molecule has 0 aliphatic heterocycles. The van der Waals surface area contributed by atoms with Gasteiger partial charge in [-0.1, -0.05) is 179 Å². The van der Waals surface area contributed by atoms with Crippen LogP contribution in [-0.4, -0.2) is 53.1 Å². The van der Waals surface area contributed by atoms with Gasteiger partial charge in [0.05, 0.1) is 17.9 Å². The molecule has 0 heterocycles. The zero-order valence-electron chi connectivity index (χ0n) is 29.8. The summed E-state index contributed by atoms with van der Waals surface area (Å²) >= 11 is 0. The number of hydrogen-bond donors (Lipinski definition) is 4. The number of aliphatic hydroxyl groups excluding tert-OH is 2. The van der Waals surface area contributed by atoms with E-state index in [1.807, 2.05) is 0 Å². The van der Waals surface area contributed by atoms with Crippen molar-refractivity contribution in [1.82, 2.24) is 5.32 Å². The van der Waals surface area contributed by atoms with E-state index in [1.54, 1.807) is 6.08 Å². The molecule has 0 radical (unpaired) electrons. The first-order chi connectivity index (χ1) is 22.2. The van der Waals surface area contributed by atoms with E-state index in [9.17, 15) is 28.0 Å². The Hall–Kier alpha value is -1.22. The van der Waals surface area contributed by atoms with Crippen molar-refractivity contribution in [3.8, 4) is 0 Å². The quantitative estimate of drug-likeness (QED) is 0.0307. The molecule has 0 spiro atoms. The second kappa shape index (κ2) is 32.3. The number of amides is 1. The van der Waals surface area contributed by atoms with Crippen molar-refractivity contribution in [3.63, 3.8) is 0 Å². The molecule has 4 N–H and O–H groups in total. The number of aliphatic hydroxyl groups is 2. The minimum absolute atomic E-state index is 0.278. The molecule has 0 aliphatic carbocycles. The first-order valence-electron chi connectivity index (χ1n) is 19.1. The summed E-state index contributed by atoms with van der Waals surface area (Å²) in [4.78, 5) is 12.5. The molecule has 272 valence electrons. The van der Waals surface area contributed by atoms with Crippen LogP contribution >= 0.6 is 0 Å². The van der Waals surface area contributed by atoms with Crippen molar-refractivity contribution >= 4 is 16.0 Å². The lowest BCUT2D eigenvalue weighted by Gasteiger charge is -2.22. The minimum Gasteiger partial charge on any atom is -0.387 e. The minimum atomic E-state index is -4.44. The van der Waals surface area contributed by atoms with Crippen LogP contribution < -0.4 is 5.32 Å². The summed E-state index contributed by atoms with van der Waals surface area (Å²) in [5, 5.41) is 23.3. The number of allylic oxidation sites excluding steroid dienone is 3. The van der Waals surface area contributed by atoms with Crippen LogP contribution in [0.2, 0.25) is 0 Å². The molecule has 3 atom stereocenters. The van der Waals surface area contributed by atoms with Crippen LogP contribution in [0.1, 0.15) is 187 Å². The Morgan fingerprint density at radius 1 is 0.587 bits per heavy atom. The highest BCUT2D eigenvalue weighted by Gasteiger charge is 2.27. The normalized spacial score (nSPS) is 14.3. The first kappa shape index (κ1) is 44.8. The van der Waals surface area contributed by atoms with Gasteiger partial charge in [0.1, 0.15) is 6.10 Å². The molecule has 0 bridgehead atoms. The van der Waals surface area contributed by atoms with Gasteiger partial charge in [-0.15, -0.1) is 0 Å². The topological polar surface area (TPSA) is 124 Å². The Balaban J connectivity index is 4.12. The lowest BCUT2D eigenvalue weighted by Crippen LogP contribution is -2.50. The Morgan fingerprint density at radius 2 is 0.978 bits per heavy atom. The zero-order valence-corrected chi connectivity index (χ0v) is 30.6. The van der Waals surface area contributed by atoms with Crippen LogP contribution in [0.25, 0.3) is 0 Å². The fourth-order valence-corrected chi connectivity index (χ4v) is 6.50. The number of hydrogen-bond acceptors (Lipinski definition) is 5. The van der Waals surface area contributed by atoms with E-state index in [2.05, 4.69) is 31.3 Å². The largest absolute Gasteiger partial charge is 0.387 e. The summed E-state index contributed by atoms with van der Waals surface area (Å²) in [5.74, 6) is -1.55. The number of carbonyl (C=O) groups is 1. The van der Waals surface area contributed by atoms with Gasteiger partial charge in [-0.05, 0) is 32.1 Å². The van der Waals surface area contributed by atoms with E-state index in [-0.39, 0.29) is 6.42 Å². The summed E-state index contributed by atoms with van der Waals surface area (Å²) in [6.45, 7) is 4.49. The average Bonchev–Trinajstić information content (AvgIpc) is 3.01. The van der Waals surface area contributed by atoms with Crippen molar-refractivity contribution in [2.24, 2.45) is 0 Å². The van der Waals surface area contributed by atoms with Gasteiger partial charge < -0.3 is 15.5 Å². The molecule has 46 heavy (non-hydrogen) atoms. The van der Waals surface area contributed by atoms with Crippen LogP contribution in [0, 0.1) is 0 Å². The van der Waals surface area contributed by atoms with Gasteiger partial charge in [0, 0.05) is 0 Å². The zero-order chi connectivity index (χ0) is 34.1. The number of nitrogens with one attached hydrogen (secondary N) is 1. The lowest BCUT2D eigenvalue weighted by molar-refractivity contribution is -0.130. The molecule has 0 aromatic heterocycles. The summed E-state index contributed by atoms with van der Waals surface area (Å²) in [7, 11) is -4.44. The van der Waals surface area contributed by atoms with Crippen molar-refractivity contribution in [3.05, 3.63) is 24.3 Å². The molecule has 0 aliphatic rings. The molecule has 1 amide bonds. The summed E-state index contributed by atoms with van der Waals surface area (Å²) in [5.41, 5.74) is 0. The van der Waals surface area contributed by atoms with Gasteiger partial charge >= 0.3 is 0 Å². The molecular formula is C38H73NO6S. The number of rotatable bonds is 34. The standard InChI is InChI=1S/C38H73NO6S/c1-3-5-7-9-11-13-15-17-19-21-23-25-27-29-31-33-37(41)38(42)39-35(34-46(43,44)45)36(40)32-30-28-26-24-22-20-18-16-14-12-10-8-6-4-2/h22,24,30,32,35-37,40-41H,3-21,23,25-29,31,33-34H2,1-2H3,(H,39,42)(H,43,44,45)/b24-22+,32-30+. The van der Waals surface area contributed by atoms with Crippen molar-refractivity contribution < 1.29 is 28.0 Å². The maximum atomic E-state index is 12.5. The first-order valence-corrected chi connectivity index (χ1v) is 20.8. The Kier molecular flexibility index (Phi) is 31.5. The SMILES string of the molecule is CCCCCCCCCC/C=C/CC/C=C/C(O)C(CS(=O)(=O)O)NC(=O)C(O)CCCCCCCCCCCCCCCCC. The van der Waals surface area contributed by atoms with Gasteiger partial charge in [0.15, 0.2) is 0 Å². The third-order valence-corrected chi connectivity index (χ3v) is 9.52. The molecular weight excluding hydrogens is 598 g/mol. The Bertz CT molecular complexity index is 844. The molecule has 0 rings (SSSR count). The molecule has 0 saturated carbocycles. The summed E-state index contributed by atoms with van der Waals surface area (Å²) < 4.78 is 32.4. The highest BCUT2D eigenvalue weighted by molar-refractivity contribution is 7.85. The summed E-state index contributed by atoms with van der Waals surface area (Å²) in [6.07, 6.45) is 36.6. The van der Waals surface area contributed by atoms with Gasteiger partial charge in [-0.3, -0.25) is 9.35 Å². The van der Waals surface area contributed by atoms with E-state index in [0.29, 0.717) is 12.8 Å². The van der Waals surface area contributed by atoms with Crippen LogP contribution in [0.5, 0.6) is 0 Å². The predicted molar refractivity (Wildman–Crippen MR) is 195 cm³/mol. The average molecular weight is 672 g/mol. The molecule has 3 unspecified atom stereocenters. The smallest absolute Gasteiger partial charge is 0.267 e. The van der Waals surface area contributed by atoms with E-state index >= 15 is 0 Å². The molecule has 0 saturated heterocycles. The molecule has 8 heteroatoms. The van der Waals surface area contributed by atoms with Crippen molar-refractivity contribution in [2.75, 3.05) is 5.75 Å². The highest BCUT2D eigenvalue weighted by Crippen LogP contribution is 2.15. The Morgan fingerprint density at radius 3 is 1.43 bits per heavy atom. The summed E-state index contributed by atoms with van der Waals surface area (Å²) in [6, 6.07) is -1.24. The van der Waals surface area contributed by atoms with Gasteiger partial charge in [-0.25, -0.2) is 0 Å². The molecule has 7 nitrogen and oxygen atoms in total. The van der Waals surface area contributed by atoms with Gasteiger partial charge in [-0.2, -0.15) is 8.42 Å². The molecule has 0 fully saturated rings. The third-order valence-electron chi connectivity index (χ3n) is 8.74. The second-order valence-corrected chi connectivity index (χ2v) is 14.8. The van der Waals surface area contributed by atoms with E-state index < -0.39 is 40.0 Å². The number of unbranched alkanes of at least 4 members (excludes halogenated alkanes) is 23. The van der Waals surface area contributed by atoms with Crippen LogP contribution in [0.4, 0.5) is 0 Å². The van der Waals surface area contributed by atoms with Crippen LogP contribution in [0.3, 0.4) is 0 Å². The predicted octanol–water partition coefficient (Wildman–Crippen LogP) is 9.77. The van der Waals surface area contributed by atoms with Crippen LogP contribution in [-0.2, 0) is 14.9 Å². The Labute approximate surface area is 284 Å². The second-order valence-electron chi connectivity index (χ2n) is 13.3. The van der Waals surface area contributed by atoms with Gasteiger partial charge in [0.2, 0.25) is 5.91 Å². The van der Waals surface area contributed by atoms with E-state index in [4.69, 9.17) is 0 Å². The maximum absolute atomic E-state index is 12.5. The van der Waals surface area contributed by atoms with Crippen molar-refractivity contribution in [2.45, 2.75) is 205 Å². The maximum Gasteiger partial charge on any atom is 0.267 e. The lowest BCUT2D eigenvalue weighted by atomic mass is 10.0. The molecule has 0 aromatic rings. The van der Waals surface area contributed by atoms with Crippen molar-refractivity contribution in [1.29, 1.82) is 0 Å². The van der Waals surface area contributed by atoms with Crippen LogP contribution in [0.15, 0.2) is 24.3 Å². The fraction of sp³-hybridized carbons (Fsp3) is 0.868. The van der Waals surface area contributed by atoms with Gasteiger partial charge in [0.25, 0.3) is 10.1 Å². The molecule has 0 aromatic carbocycles. The number of carbonyl (C=O) groups excluding carboxylic acids is 1. The third kappa shape index (κ3) is 31.4. The van der Waals surface area contributed by atoms with E-state index in [1.165, 1.54) is 128 Å². The monoisotopic (exact) mass is 672 g/mol. The highest BCUT2D eigenvalue weighted by atomic mass is 32.2. The fourth-order valence-electron chi connectivity index (χ4n) is 5.77.